The smallest absolute Gasteiger partial charge is 0.244 e. The summed E-state index contributed by atoms with van der Waals surface area (Å²) in [6.07, 6.45) is 3.87. The minimum absolute atomic E-state index is 0.162. The van der Waals surface area contributed by atoms with Crippen molar-refractivity contribution < 1.29 is 8.42 Å². The standard InChI is InChI=1S/C17H19ClN4O2S/c1-10-16(11(2)22-21-10)25(23,24)20-9-17(5-6-17)14-8-19-15-7-12(18)3-4-13(14)15/h3-4,7-8,19-20H,5-6,9H2,1-2H3,(H,21,22). The van der Waals surface area contributed by atoms with Crippen molar-refractivity contribution in [1.29, 1.82) is 0 Å². The van der Waals surface area contributed by atoms with Crippen LogP contribution < -0.4 is 4.72 Å². The summed E-state index contributed by atoms with van der Waals surface area (Å²) in [7, 11) is -3.60. The van der Waals surface area contributed by atoms with Crippen LogP contribution in [0.5, 0.6) is 0 Å². The third-order valence-corrected chi connectivity index (χ3v) is 6.90. The van der Waals surface area contributed by atoms with Gasteiger partial charge in [-0.25, -0.2) is 13.1 Å². The van der Waals surface area contributed by atoms with Gasteiger partial charge in [0, 0.05) is 34.1 Å². The van der Waals surface area contributed by atoms with E-state index >= 15 is 0 Å². The van der Waals surface area contributed by atoms with Gasteiger partial charge < -0.3 is 4.98 Å². The van der Waals surface area contributed by atoms with Crippen molar-refractivity contribution >= 4 is 32.5 Å². The first-order chi connectivity index (χ1) is 11.8. The Morgan fingerprint density at radius 1 is 1.32 bits per heavy atom. The zero-order chi connectivity index (χ0) is 17.8. The molecule has 1 saturated carbocycles. The number of halogens is 1. The van der Waals surface area contributed by atoms with E-state index in [1.54, 1.807) is 13.8 Å². The van der Waals surface area contributed by atoms with E-state index in [1.807, 2.05) is 24.4 Å². The van der Waals surface area contributed by atoms with Crippen molar-refractivity contribution in [1.82, 2.24) is 19.9 Å². The van der Waals surface area contributed by atoms with Gasteiger partial charge in [0.1, 0.15) is 4.90 Å². The molecule has 3 N–H and O–H groups in total. The quantitative estimate of drug-likeness (QED) is 0.636. The Bertz CT molecular complexity index is 1040. The van der Waals surface area contributed by atoms with E-state index in [2.05, 4.69) is 19.9 Å². The average Bonchev–Trinajstić information content (AvgIpc) is 3.10. The average molecular weight is 379 g/mol. The van der Waals surface area contributed by atoms with Crippen LogP contribution in [0, 0.1) is 13.8 Å². The zero-order valence-electron chi connectivity index (χ0n) is 14.0. The number of H-pyrrole nitrogens is 2. The molecule has 0 aliphatic heterocycles. The van der Waals surface area contributed by atoms with Crippen molar-refractivity contribution in [3.05, 3.63) is 46.4 Å². The first-order valence-electron chi connectivity index (χ1n) is 8.11. The van der Waals surface area contributed by atoms with Gasteiger partial charge >= 0.3 is 0 Å². The molecule has 25 heavy (non-hydrogen) atoms. The van der Waals surface area contributed by atoms with Crippen molar-refractivity contribution in [2.24, 2.45) is 0 Å². The van der Waals surface area contributed by atoms with Gasteiger partial charge in [0.2, 0.25) is 10.0 Å². The Kier molecular flexibility index (Phi) is 3.72. The lowest BCUT2D eigenvalue weighted by atomic mass is 9.96. The molecule has 1 aromatic carbocycles. The van der Waals surface area contributed by atoms with E-state index in [0.29, 0.717) is 23.0 Å². The lowest BCUT2D eigenvalue weighted by Gasteiger charge is -2.16. The van der Waals surface area contributed by atoms with Crippen molar-refractivity contribution in [3.8, 4) is 0 Å². The Morgan fingerprint density at radius 3 is 2.72 bits per heavy atom. The number of fused-ring (bicyclic) bond motifs is 1. The molecule has 0 atom stereocenters. The SMILES string of the molecule is Cc1n[nH]c(C)c1S(=O)(=O)NCC1(c2c[nH]c3cc(Cl)ccc23)CC1. The third kappa shape index (κ3) is 2.76. The van der Waals surface area contributed by atoms with E-state index in [0.717, 1.165) is 29.3 Å². The summed E-state index contributed by atoms with van der Waals surface area (Å²) in [6.45, 7) is 3.77. The van der Waals surface area contributed by atoms with Gasteiger partial charge in [-0.1, -0.05) is 17.7 Å². The molecular weight excluding hydrogens is 360 g/mol. The molecule has 132 valence electrons. The molecule has 2 aromatic heterocycles. The predicted octanol–water partition coefficient (Wildman–Crippen LogP) is 3.17. The molecule has 1 aliphatic rings. The van der Waals surface area contributed by atoms with Crippen LogP contribution in [0.15, 0.2) is 29.3 Å². The summed E-state index contributed by atoms with van der Waals surface area (Å²) in [5.74, 6) is 0. The van der Waals surface area contributed by atoms with Gasteiger partial charge in [-0.3, -0.25) is 5.10 Å². The number of hydrogen-bond donors (Lipinski definition) is 3. The fourth-order valence-electron chi connectivity index (χ4n) is 3.47. The number of aromatic nitrogens is 3. The van der Waals surface area contributed by atoms with Crippen LogP contribution in [-0.2, 0) is 15.4 Å². The molecule has 8 heteroatoms. The van der Waals surface area contributed by atoms with Crippen LogP contribution in [-0.4, -0.2) is 30.1 Å². The molecular formula is C17H19ClN4O2S. The number of nitrogens with zero attached hydrogens (tertiary/aromatic N) is 1. The highest BCUT2D eigenvalue weighted by Gasteiger charge is 2.46. The van der Waals surface area contributed by atoms with Crippen LogP contribution in [0.3, 0.4) is 0 Å². The molecule has 1 aliphatic carbocycles. The van der Waals surface area contributed by atoms with Crippen molar-refractivity contribution in [2.75, 3.05) is 6.54 Å². The van der Waals surface area contributed by atoms with Gasteiger partial charge in [0.15, 0.2) is 0 Å². The summed E-state index contributed by atoms with van der Waals surface area (Å²) in [5, 5.41) is 8.48. The maximum Gasteiger partial charge on any atom is 0.244 e. The number of rotatable bonds is 5. The molecule has 0 bridgehead atoms. The molecule has 6 nitrogen and oxygen atoms in total. The van der Waals surface area contributed by atoms with Gasteiger partial charge in [0.25, 0.3) is 0 Å². The van der Waals surface area contributed by atoms with Crippen molar-refractivity contribution in [2.45, 2.75) is 37.0 Å². The minimum atomic E-state index is -3.60. The number of nitrogens with one attached hydrogen (secondary N) is 3. The largest absolute Gasteiger partial charge is 0.361 e. The second-order valence-corrected chi connectivity index (χ2v) is 8.90. The van der Waals surface area contributed by atoms with E-state index in [9.17, 15) is 8.42 Å². The summed E-state index contributed by atoms with van der Waals surface area (Å²) < 4.78 is 28.2. The monoisotopic (exact) mass is 378 g/mol. The summed E-state index contributed by atoms with van der Waals surface area (Å²) in [6, 6.07) is 5.74. The lowest BCUT2D eigenvalue weighted by molar-refractivity contribution is 0.566. The fourth-order valence-corrected chi connectivity index (χ4v) is 5.14. The molecule has 3 aromatic rings. The molecule has 0 unspecified atom stereocenters. The van der Waals surface area contributed by atoms with E-state index < -0.39 is 10.0 Å². The van der Waals surface area contributed by atoms with Crippen LogP contribution >= 0.6 is 11.6 Å². The molecule has 0 saturated heterocycles. The van der Waals surface area contributed by atoms with Gasteiger partial charge in [-0.2, -0.15) is 5.10 Å². The number of aromatic amines is 2. The lowest BCUT2D eigenvalue weighted by Crippen LogP contribution is -2.32. The first-order valence-corrected chi connectivity index (χ1v) is 9.97. The second kappa shape index (κ2) is 5.59. The topological polar surface area (TPSA) is 90.6 Å². The number of hydrogen-bond acceptors (Lipinski definition) is 3. The van der Waals surface area contributed by atoms with Crippen LogP contribution in [0.2, 0.25) is 5.02 Å². The Hall–Kier alpha value is -1.83. The zero-order valence-corrected chi connectivity index (χ0v) is 15.6. The molecule has 2 heterocycles. The predicted molar refractivity (Wildman–Crippen MR) is 97.5 cm³/mol. The Balaban J connectivity index is 1.62. The van der Waals surface area contributed by atoms with E-state index in [-0.39, 0.29) is 10.3 Å². The number of benzene rings is 1. The Morgan fingerprint density at radius 2 is 2.08 bits per heavy atom. The van der Waals surface area contributed by atoms with Crippen LogP contribution in [0.25, 0.3) is 10.9 Å². The molecule has 4 rings (SSSR count). The highest BCUT2D eigenvalue weighted by molar-refractivity contribution is 7.89. The molecule has 0 spiro atoms. The van der Waals surface area contributed by atoms with Crippen LogP contribution in [0.1, 0.15) is 29.8 Å². The first kappa shape index (κ1) is 16.6. The summed E-state index contributed by atoms with van der Waals surface area (Å²) >= 11 is 6.04. The number of aryl methyl sites for hydroxylation is 2. The highest BCUT2D eigenvalue weighted by Crippen LogP contribution is 2.50. The van der Waals surface area contributed by atoms with E-state index in [1.165, 1.54) is 0 Å². The van der Waals surface area contributed by atoms with Crippen LogP contribution in [0.4, 0.5) is 0 Å². The van der Waals surface area contributed by atoms with E-state index in [4.69, 9.17) is 11.6 Å². The molecule has 0 radical (unpaired) electrons. The maximum atomic E-state index is 12.7. The third-order valence-electron chi connectivity index (χ3n) is 5.00. The molecule has 1 fully saturated rings. The van der Waals surface area contributed by atoms with Gasteiger partial charge in [-0.05, 0) is 44.4 Å². The normalized spacial score (nSPS) is 16.4. The highest BCUT2D eigenvalue weighted by atomic mass is 35.5. The molecule has 0 amide bonds. The maximum absolute atomic E-state index is 12.7. The second-order valence-electron chi connectivity index (χ2n) is 6.76. The Labute approximate surface area is 151 Å². The minimum Gasteiger partial charge on any atom is -0.361 e. The fraction of sp³-hybridized carbons (Fsp3) is 0.353. The number of sulfonamides is 1. The summed E-state index contributed by atoms with van der Waals surface area (Å²) in [4.78, 5) is 3.49. The van der Waals surface area contributed by atoms with Gasteiger partial charge in [0.05, 0.1) is 11.4 Å². The van der Waals surface area contributed by atoms with Crippen molar-refractivity contribution in [3.63, 3.8) is 0 Å². The summed E-state index contributed by atoms with van der Waals surface area (Å²) in [5.41, 5.74) is 2.99. The van der Waals surface area contributed by atoms with Gasteiger partial charge in [-0.15, -0.1) is 0 Å².